The van der Waals surface area contributed by atoms with Gasteiger partial charge in [-0.2, -0.15) is 0 Å². The lowest BCUT2D eigenvalue weighted by Gasteiger charge is -2.38. The number of methoxy groups -OCH3 is 1. The molecule has 1 saturated carbocycles. The maximum Gasteiger partial charge on any atom is 0.313 e. The number of aliphatic hydroxyl groups is 1. The van der Waals surface area contributed by atoms with E-state index in [1.807, 2.05) is 49.4 Å². The van der Waals surface area contributed by atoms with Gasteiger partial charge in [-0.3, -0.25) is 14.6 Å². The van der Waals surface area contributed by atoms with E-state index >= 15 is 0 Å². The molecule has 1 aliphatic heterocycles. The number of carbonyl (C=O) groups excluding carboxylic acids is 2. The number of nitrogens with zero attached hydrogens (tertiary/aromatic N) is 1. The second-order valence-electron chi connectivity index (χ2n) is 8.19. The molecule has 1 aromatic heterocycles. The number of hydrogen-bond acceptors (Lipinski definition) is 6. The van der Waals surface area contributed by atoms with Crippen molar-refractivity contribution in [3.05, 3.63) is 94.3 Å². The summed E-state index contributed by atoms with van der Waals surface area (Å²) in [6.07, 6.45) is 1.32. The molecule has 3 aromatic rings. The van der Waals surface area contributed by atoms with E-state index in [1.54, 1.807) is 12.1 Å². The number of pyridine rings is 1. The second-order valence-corrected chi connectivity index (χ2v) is 8.63. The van der Waals surface area contributed by atoms with Crippen LogP contribution < -0.4 is 4.74 Å². The van der Waals surface area contributed by atoms with E-state index in [2.05, 4.69) is 4.98 Å². The normalized spacial score (nSPS) is 28.1. The highest BCUT2D eigenvalue weighted by atomic mass is 35.5. The van der Waals surface area contributed by atoms with Gasteiger partial charge < -0.3 is 14.6 Å². The molecular formula is C25H20ClNO5. The van der Waals surface area contributed by atoms with Gasteiger partial charge in [0.15, 0.2) is 5.60 Å². The van der Waals surface area contributed by atoms with Crippen molar-refractivity contribution < 1.29 is 24.2 Å². The summed E-state index contributed by atoms with van der Waals surface area (Å²) in [6, 6.07) is 17.9. The summed E-state index contributed by atoms with van der Waals surface area (Å²) in [5.74, 6) is -3.37. The number of ketones is 1. The fourth-order valence-corrected chi connectivity index (χ4v) is 5.20. The lowest BCUT2D eigenvalue weighted by Crippen LogP contribution is -2.51. The average Bonchev–Trinajstić information content (AvgIpc) is 2.93. The zero-order valence-electron chi connectivity index (χ0n) is 17.4. The molecule has 0 saturated heterocycles. The van der Waals surface area contributed by atoms with Crippen LogP contribution in [0.1, 0.15) is 28.3 Å². The van der Waals surface area contributed by atoms with Crippen molar-refractivity contribution in [1.82, 2.24) is 4.98 Å². The predicted molar refractivity (Wildman–Crippen MR) is 116 cm³/mol. The summed E-state index contributed by atoms with van der Waals surface area (Å²) >= 11 is 6.17. The first kappa shape index (κ1) is 20.7. The standard InChI is InChI=1S/C25H20ClNO5/c1-14-8-10-16(11-9-14)25-19(15-6-4-3-5-7-15)20(22(28)31-2)24(30,23(25)29)21-18(32-25)12-17(26)13-27-21/h3-13,19-20,30H,1-2H3/t19?,20-,24+,25?/m0/s1. The summed E-state index contributed by atoms with van der Waals surface area (Å²) in [6.45, 7) is 1.93. The van der Waals surface area contributed by atoms with E-state index in [0.29, 0.717) is 11.1 Å². The number of aromatic nitrogens is 1. The number of fused-ring (bicyclic) bond motifs is 4. The van der Waals surface area contributed by atoms with Gasteiger partial charge in [0, 0.05) is 17.8 Å². The number of halogens is 1. The van der Waals surface area contributed by atoms with Crippen LogP contribution in [-0.2, 0) is 25.5 Å². The van der Waals surface area contributed by atoms with Crippen LogP contribution in [0.15, 0.2) is 66.9 Å². The maximum atomic E-state index is 14.1. The molecule has 4 atom stereocenters. The van der Waals surface area contributed by atoms with Crippen molar-refractivity contribution in [1.29, 1.82) is 0 Å². The minimum Gasteiger partial charge on any atom is -0.472 e. The third-order valence-corrected chi connectivity index (χ3v) is 6.66. The third-order valence-electron chi connectivity index (χ3n) is 6.45. The van der Waals surface area contributed by atoms with Crippen LogP contribution in [-0.4, -0.2) is 29.0 Å². The molecule has 0 spiro atoms. The molecule has 2 unspecified atom stereocenters. The number of benzene rings is 2. The highest BCUT2D eigenvalue weighted by molar-refractivity contribution is 6.30. The topological polar surface area (TPSA) is 85.7 Å². The van der Waals surface area contributed by atoms with Crippen molar-refractivity contribution in [2.45, 2.75) is 24.0 Å². The minimum absolute atomic E-state index is 0.0385. The van der Waals surface area contributed by atoms with Crippen molar-refractivity contribution >= 4 is 23.4 Å². The van der Waals surface area contributed by atoms with Gasteiger partial charge in [-0.15, -0.1) is 0 Å². The minimum atomic E-state index is -2.25. The van der Waals surface area contributed by atoms with E-state index in [4.69, 9.17) is 21.1 Å². The summed E-state index contributed by atoms with van der Waals surface area (Å²) in [5.41, 5.74) is -1.79. The molecule has 32 heavy (non-hydrogen) atoms. The van der Waals surface area contributed by atoms with E-state index in [9.17, 15) is 14.7 Å². The van der Waals surface area contributed by atoms with Crippen molar-refractivity contribution in [2.24, 2.45) is 5.92 Å². The Morgan fingerprint density at radius 3 is 2.50 bits per heavy atom. The van der Waals surface area contributed by atoms with Gasteiger partial charge in [0.25, 0.3) is 0 Å². The Balaban J connectivity index is 1.89. The molecule has 7 heteroatoms. The number of hydrogen-bond donors (Lipinski definition) is 1. The summed E-state index contributed by atoms with van der Waals surface area (Å²) in [7, 11) is 1.23. The smallest absolute Gasteiger partial charge is 0.313 e. The van der Waals surface area contributed by atoms with Gasteiger partial charge in [0.1, 0.15) is 17.4 Å². The SMILES string of the molecule is COC(=O)[C@@H]1C(c2ccccc2)C2(c3ccc(C)cc3)Oc3cc(Cl)cnc3[C@@]1(O)C2=O. The maximum absolute atomic E-state index is 14.1. The molecule has 1 N–H and O–H groups in total. The molecule has 2 aromatic carbocycles. The quantitative estimate of drug-likeness (QED) is 0.614. The molecule has 2 bridgehead atoms. The van der Waals surface area contributed by atoms with Crippen molar-refractivity contribution in [2.75, 3.05) is 7.11 Å². The fraction of sp³-hybridized carbons (Fsp3) is 0.240. The van der Waals surface area contributed by atoms with Crippen LogP contribution in [0.2, 0.25) is 5.02 Å². The molecule has 162 valence electrons. The number of aryl methyl sites for hydroxylation is 1. The third kappa shape index (κ3) is 2.60. The largest absolute Gasteiger partial charge is 0.472 e. The number of esters is 1. The number of Topliss-reactive ketones (excluding diaryl/α,β-unsaturated/α-hetero) is 1. The Labute approximate surface area is 189 Å². The first-order valence-electron chi connectivity index (χ1n) is 10.2. The van der Waals surface area contributed by atoms with Crippen molar-refractivity contribution in [3.8, 4) is 5.75 Å². The molecule has 1 aliphatic carbocycles. The molecule has 0 radical (unpaired) electrons. The highest BCUT2D eigenvalue weighted by Gasteiger charge is 2.77. The van der Waals surface area contributed by atoms with E-state index < -0.39 is 34.8 Å². The van der Waals surface area contributed by atoms with Crippen LogP contribution >= 0.6 is 11.6 Å². The molecule has 2 aliphatic rings. The zero-order valence-corrected chi connectivity index (χ0v) is 18.2. The van der Waals surface area contributed by atoms with E-state index in [-0.39, 0.29) is 16.5 Å². The predicted octanol–water partition coefficient (Wildman–Crippen LogP) is 3.67. The van der Waals surface area contributed by atoms with Crippen LogP contribution in [0.3, 0.4) is 0 Å². The first-order valence-corrected chi connectivity index (χ1v) is 10.5. The molecule has 0 amide bonds. The van der Waals surface area contributed by atoms with Crippen LogP contribution in [0.25, 0.3) is 0 Å². The molecule has 5 rings (SSSR count). The highest BCUT2D eigenvalue weighted by Crippen LogP contribution is 2.64. The number of ether oxygens (including phenoxy) is 2. The number of rotatable bonds is 3. The Morgan fingerprint density at radius 2 is 1.84 bits per heavy atom. The monoisotopic (exact) mass is 449 g/mol. The van der Waals surface area contributed by atoms with E-state index in [1.165, 1.54) is 19.4 Å². The molecule has 6 nitrogen and oxygen atoms in total. The Hall–Kier alpha value is -3.22. The van der Waals surface area contributed by atoms with Crippen molar-refractivity contribution in [3.63, 3.8) is 0 Å². The van der Waals surface area contributed by atoms with Gasteiger partial charge >= 0.3 is 5.97 Å². The summed E-state index contributed by atoms with van der Waals surface area (Å²) in [5, 5.41) is 12.3. The Morgan fingerprint density at radius 1 is 1.16 bits per heavy atom. The summed E-state index contributed by atoms with van der Waals surface area (Å²) in [4.78, 5) is 31.5. The average molecular weight is 450 g/mol. The van der Waals surface area contributed by atoms with Crippen LogP contribution in [0.5, 0.6) is 5.75 Å². The number of carbonyl (C=O) groups is 2. The van der Waals surface area contributed by atoms with Gasteiger partial charge in [0.05, 0.1) is 18.1 Å². The zero-order chi connectivity index (χ0) is 22.7. The Kier molecular flexibility index (Phi) is 4.62. The fourth-order valence-electron chi connectivity index (χ4n) is 5.06. The van der Waals surface area contributed by atoms with Gasteiger partial charge in [-0.05, 0) is 12.5 Å². The lowest BCUT2D eigenvalue weighted by molar-refractivity contribution is -0.163. The van der Waals surface area contributed by atoms with Gasteiger partial charge in [-0.1, -0.05) is 71.8 Å². The molecule has 2 heterocycles. The van der Waals surface area contributed by atoms with Gasteiger partial charge in [0.2, 0.25) is 11.4 Å². The Bertz CT molecular complexity index is 1230. The van der Waals surface area contributed by atoms with Crippen LogP contribution in [0, 0.1) is 12.8 Å². The van der Waals surface area contributed by atoms with E-state index in [0.717, 1.165) is 5.56 Å². The second kappa shape index (κ2) is 7.15. The van der Waals surface area contributed by atoms with Crippen LogP contribution in [0.4, 0.5) is 0 Å². The first-order chi connectivity index (χ1) is 15.3. The summed E-state index contributed by atoms with van der Waals surface area (Å²) < 4.78 is 11.5. The molecular weight excluding hydrogens is 430 g/mol. The molecule has 1 fully saturated rings. The lowest BCUT2D eigenvalue weighted by atomic mass is 9.75. The van der Waals surface area contributed by atoms with Gasteiger partial charge in [-0.25, -0.2) is 0 Å².